The topological polar surface area (TPSA) is 65.1 Å². The van der Waals surface area contributed by atoms with E-state index in [4.69, 9.17) is 0 Å². The Kier molecular flexibility index (Phi) is 2.75. The van der Waals surface area contributed by atoms with Crippen LogP contribution in [0.5, 0.6) is 0 Å². The van der Waals surface area contributed by atoms with Gasteiger partial charge in [0.25, 0.3) is 5.56 Å². The Bertz CT molecular complexity index is 1030. The summed E-state index contributed by atoms with van der Waals surface area (Å²) in [6.45, 7) is 2.52. The van der Waals surface area contributed by atoms with Crippen molar-refractivity contribution < 1.29 is 0 Å². The number of aromatic nitrogens is 5. The molecule has 4 aromatic rings. The molecule has 1 aromatic carbocycles. The molecule has 0 aliphatic heterocycles. The molecule has 6 nitrogen and oxygen atoms in total. The van der Waals surface area contributed by atoms with Gasteiger partial charge in [-0.3, -0.25) is 4.79 Å². The molecule has 22 heavy (non-hydrogen) atoms. The zero-order valence-electron chi connectivity index (χ0n) is 12.0. The fraction of sp³-hybridized carbons (Fsp3) is 0.125. The predicted molar refractivity (Wildman–Crippen MR) is 83.7 cm³/mol. The summed E-state index contributed by atoms with van der Waals surface area (Å²) >= 11 is 0. The van der Waals surface area contributed by atoms with Crippen molar-refractivity contribution in [1.82, 2.24) is 24.4 Å². The molecule has 0 atom stereocenters. The smallest absolute Gasteiger partial charge is 0.280 e. The minimum atomic E-state index is -0.147. The highest BCUT2D eigenvalue weighted by Gasteiger charge is 2.13. The third kappa shape index (κ3) is 1.74. The predicted octanol–water partition coefficient (Wildman–Crippen LogP) is 2.13. The second-order valence-corrected chi connectivity index (χ2v) is 5.00. The number of pyridine rings is 1. The maximum absolute atomic E-state index is 12.3. The molecule has 0 bridgehead atoms. The Morgan fingerprint density at radius 2 is 1.91 bits per heavy atom. The molecule has 0 radical (unpaired) electrons. The van der Waals surface area contributed by atoms with Crippen molar-refractivity contribution in [1.29, 1.82) is 0 Å². The molecular weight excluding hydrogens is 278 g/mol. The summed E-state index contributed by atoms with van der Waals surface area (Å²) in [5, 5.41) is 12.7. The van der Waals surface area contributed by atoms with Crippen LogP contribution < -0.4 is 5.56 Å². The number of benzene rings is 1. The molecule has 0 N–H and O–H groups in total. The van der Waals surface area contributed by atoms with Crippen LogP contribution in [-0.2, 0) is 6.54 Å². The largest absolute Gasteiger partial charge is 0.314 e. The van der Waals surface area contributed by atoms with Gasteiger partial charge < -0.3 is 4.57 Å². The highest BCUT2D eigenvalue weighted by atomic mass is 16.1. The highest BCUT2D eigenvalue weighted by Crippen LogP contribution is 2.23. The van der Waals surface area contributed by atoms with Gasteiger partial charge in [0.05, 0.1) is 6.20 Å². The molecule has 3 aromatic heterocycles. The number of rotatable bonds is 2. The van der Waals surface area contributed by atoms with Crippen LogP contribution >= 0.6 is 0 Å². The van der Waals surface area contributed by atoms with E-state index >= 15 is 0 Å². The van der Waals surface area contributed by atoms with Gasteiger partial charge in [-0.15, -0.1) is 10.2 Å². The lowest BCUT2D eigenvalue weighted by Crippen LogP contribution is -2.20. The van der Waals surface area contributed by atoms with Gasteiger partial charge in [-0.25, -0.2) is 4.52 Å². The highest BCUT2D eigenvalue weighted by molar-refractivity contribution is 5.82. The minimum absolute atomic E-state index is 0.147. The van der Waals surface area contributed by atoms with Gasteiger partial charge in [0.15, 0.2) is 11.2 Å². The van der Waals surface area contributed by atoms with Crippen LogP contribution in [0.1, 0.15) is 6.92 Å². The first kappa shape index (κ1) is 12.7. The molecule has 108 valence electrons. The third-order valence-electron chi connectivity index (χ3n) is 3.76. The summed E-state index contributed by atoms with van der Waals surface area (Å²) < 4.78 is 3.27. The molecule has 0 aliphatic rings. The summed E-state index contributed by atoms with van der Waals surface area (Å²) in [7, 11) is 0. The van der Waals surface area contributed by atoms with E-state index in [9.17, 15) is 4.79 Å². The van der Waals surface area contributed by atoms with Crippen molar-refractivity contribution in [3.05, 3.63) is 59.1 Å². The van der Waals surface area contributed by atoms with Crippen LogP contribution in [0.4, 0.5) is 0 Å². The van der Waals surface area contributed by atoms with E-state index in [0.29, 0.717) is 23.2 Å². The van der Waals surface area contributed by atoms with Crippen LogP contribution in [0.15, 0.2) is 53.6 Å². The van der Waals surface area contributed by atoms with E-state index in [1.54, 1.807) is 21.5 Å². The summed E-state index contributed by atoms with van der Waals surface area (Å²) in [4.78, 5) is 12.3. The van der Waals surface area contributed by atoms with Crippen molar-refractivity contribution in [3.8, 4) is 11.1 Å². The number of nitrogens with zero attached hydrogens (tertiary/aromatic N) is 5. The average Bonchev–Trinajstić information content (AvgIpc) is 3.00. The van der Waals surface area contributed by atoms with Crippen molar-refractivity contribution in [2.45, 2.75) is 13.5 Å². The van der Waals surface area contributed by atoms with Crippen LogP contribution in [-0.4, -0.2) is 24.4 Å². The fourth-order valence-electron chi connectivity index (χ4n) is 2.60. The molecule has 0 unspecified atom stereocenters. The zero-order chi connectivity index (χ0) is 15.1. The molecular formula is C16H13N5O. The van der Waals surface area contributed by atoms with Crippen LogP contribution in [0.3, 0.4) is 0 Å². The molecule has 0 saturated heterocycles. The lowest BCUT2D eigenvalue weighted by atomic mass is 10.1. The van der Waals surface area contributed by atoms with Crippen LogP contribution in [0.25, 0.3) is 27.8 Å². The summed E-state index contributed by atoms with van der Waals surface area (Å²) in [5.41, 5.74) is 3.42. The van der Waals surface area contributed by atoms with Gasteiger partial charge in [-0.1, -0.05) is 30.3 Å². The van der Waals surface area contributed by atoms with Gasteiger partial charge in [0, 0.05) is 18.3 Å². The average molecular weight is 291 g/mol. The molecule has 0 saturated carbocycles. The van der Waals surface area contributed by atoms with Gasteiger partial charge in [0.2, 0.25) is 0 Å². The molecule has 4 rings (SSSR count). The quantitative estimate of drug-likeness (QED) is 0.567. The number of aryl methyl sites for hydroxylation is 1. The lowest BCUT2D eigenvalue weighted by molar-refractivity contribution is 0.729. The first-order valence-corrected chi connectivity index (χ1v) is 7.08. The minimum Gasteiger partial charge on any atom is -0.314 e. The van der Waals surface area contributed by atoms with E-state index < -0.39 is 0 Å². The summed E-state index contributed by atoms with van der Waals surface area (Å²) in [6, 6.07) is 11.7. The van der Waals surface area contributed by atoms with E-state index in [1.165, 1.54) is 0 Å². The monoisotopic (exact) mass is 291 g/mol. The summed E-state index contributed by atoms with van der Waals surface area (Å²) in [6.07, 6.45) is 3.51. The Morgan fingerprint density at radius 3 is 2.68 bits per heavy atom. The van der Waals surface area contributed by atoms with Gasteiger partial charge in [0.1, 0.15) is 5.52 Å². The number of hydrogen-bond donors (Lipinski definition) is 0. The van der Waals surface area contributed by atoms with Crippen molar-refractivity contribution in [2.75, 3.05) is 0 Å². The molecule has 0 fully saturated rings. The molecule has 0 aliphatic carbocycles. The Balaban J connectivity index is 2.05. The first-order valence-electron chi connectivity index (χ1n) is 7.08. The Hall–Kier alpha value is -3.02. The maximum Gasteiger partial charge on any atom is 0.280 e. The standard InChI is InChI=1S/C16H13N5O/c1-2-20-9-8-13-14(16(20)22)18-19-15-12(10-17-21(13)15)11-6-4-3-5-7-11/h3-10H,2H2,1H3. The second-order valence-electron chi connectivity index (χ2n) is 5.00. The molecule has 0 spiro atoms. The normalized spacial score (nSPS) is 11.3. The van der Waals surface area contributed by atoms with Crippen LogP contribution in [0.2, 0.25) is 0 Å². The second kappa shape index (κ2) is 4.77. The van der Waals surface area contributed by atoms with Gasteiger partial charge in [-0.2, -0.15) is 5.10 Å². The zero-order valence-corrected chi connectivity index (χ0v) is 12.0. The molecule has 3 heterocycles. The molecule has 0 amide bonds. The van der Waals surface area contributed by atoms with Crippen LogP contribution in [0, 0.1) is 0 Å². The lowest BCUT2D eigenvalue weighted by Gasteiger charge is -2.04. The number of hydrogen-bond acceptors (Lipinski definition) is 4. The van der Waals surface area contributed by atoms with E-state index in [2.05, 4.69) is 15.3 Å². The van der Waals surface area contributed by atoms with Gasteiger partial charge >= 0.3 is 0 Å². The Morgan fingerprint density at radius 1 is 1.09 bits per heavy atom. The SMILES string of the molecule is CCn1ccc2c(nnc3c(-c4ccccc4)cnn32)c1=O. The molecule has 6 heteroatoms. The third-order valence-corrected chi connectivity index (χ3v) is 3.76. The maximum atomic E-state index is 12.3. The van der Waals surface area contributed by atoms with Crippen molar-refractivity contribution in [2.24, 2.45) is 0 Å². The fourth-order valence-corrected chi connectivity index (χ4v) is 2.60. The van der Waals surface area contributed by atoms with Crippen molar-refractivity contribution in [3.63, 3.8) is 0 Å². The number of fused-ring (bicyclic) bond motifs is 3. The van der Waals surface area contributed by atoms with E-state index in [1.807, 2.05) is 43.3 Å². The first-order chi connectivity index (χ1) is 10.8. The van der Waals surface area contributed by atoms with Crippen molar-refractivity contribution >= 4 is 16.7 Å². The Labute approximate surface area is 125 Å². The van der Waals surface area contributed by atoms with E-state index in [0.717, 1.165) is 11.1 Å². The summed E-state index contributed by atoms with van der Waals surface area (Å²) in [5.74, 6) is 0. The van der Waals surface area contributed by atoms with E-state index in [-0.39, 0.29) is 5.56 Å². The van der Waals surface area contributed by atoms with Gasteiger partial charge in [-0.05, 0) is 18.6 Å².